The molecule has 2 unspecified atom stereocenters. The highest BCUT2D eigenvalue weighted by molar-refractivity contribution is 6.43. The number of amides is 4. The standard InChI is InChI=1S/C40H46Cl3N5O7/c1-8-30(55-31-15-14-23(39(4,5)9-2)19-27(31)40(6,7)10-3)35(50)45-25-13-11-12-22(18-25)34(49)46-33-26(16-17-44-36(51)38(53)54)37(52)48(47-33)32-28(42)20-24(41)21-29(32)43/h11-15,18-21,26,30H,8-10,16-17H2,1-7H3,(H,44,51)(H,45,50)(H,53,54)(H,46,47,49). The first kappa shape index (κ1) is 43.1. The van der Waals surface area contributed by atoms with E-state index < -0.39 is 41.6 Å². The average molecular weight is 815 g/mol. The van der Waals surface area contributed by atoms with Crippen molar-refractivity contribution in [1.29, 1.82) is 0 Å². The molecule has 4 amide bonds. The summed E-state index contributed by atoms with van der Waals surface area (Å²) < 4.78 is 6.41. The minimum Gasteiger partial charge on any atom is -0.480 e. The van der Waals surface area contributed by atoms with E-state index in [9.17, 15) is 24.0 Å². The van der Waals surface area contributed by atoms with Crippen molar-refractivity contribution in [3.8, 4) is 5.75 Å². The van der Waals surface area contributed by atoms with Gasteiger partial charge in [0.1, 0.15) is 23.2 Å². The van der Waals surface area contributed by atoms with Gasteiger partial charge in [-0.25, -0.2) is 4.79 Å². The lowest BCUT2D eigenvalue weighted by Crippen LogP contribution is -2.39. The number of ether oxygens (including phenoxy) is 1. The second-order valence-corrected chi connectivity index (χ2v) is 15.7. The van der Waals surface area contributed by atoms with Gasteiger partial charge < -0.3 is 25.8 Å². The van der Waals surface area contributed by atoms with E-state index in [-0.39, 0.29) is 55.9 Å². The number of halogens is 3. The third kappa shape index (κ3) is 10.2. The maximum atomic E-state index is 13.6. The molecule has 1 aliphatic rings. The van der Waals surface area contributed by atoms with Crippen LogP contribution in [0, 0.1) is 5.92 Å². The number of carboxylic acids is 1. The van der Waals surface area contributed by atoms with Crippen molar-refractivity contribution in [2.24, 2.45) is 11.0 Å². The van der Waals surface area contributed by atoms with Gasteiger partial charge in [-0.05, 0) is 78.5 Å². The van der Waals surface area contributed by atoms with Crippen LogP contribution in [0.4, 0.5) is 11.4 Å². The number of aliphatic carboxylic acids is 1. The summed E-state index contributed by atoms with van der Waals surface area (Å²) in [7, 11) is 0. The van der Waals surface area contributed by atoms with Gasteiger partial charge in [0.2, 0.25) is 0 Å². The van der Waals surface area contributed by atoms with Gasteiger partial charge in [0.05, 0.1) is 10.0 Å². The fourth-order valence-corrected chi connectivity index (χ4v) is 6.75. The van der Waals surface area contributed by atoms with E-state index in [2.05, 4.69) is 74.7 Å². The second kappa shape index (κ2) is 17.9. The number of anilines is 2. The van der Waals surface area contributed by atoms with Gasteiger partial charge in [-0.1, -0.05) is 101 Å². The minimum absolute atomic E-state index is 0.0145. The van der Waals surface area contributed by atoms with Crippen LogP contribution in [-0.4, -0.2) is 53.2 Å². The average Bonchev–Trinajstić information content (AvgIpc) is 3.42. The molecule has 3 aromatic rings. The molecule has 294 valence electrons. The highest BCUT2D eigenvalue weighted by Gasteiger charge is 2.39. The molecule has 15 heteroatoms. The molecule has 0 saturated carbocycles. The molecule has 2 atom stereocenters. The number of rotatable bonds is 14. The second-order valence-electron chi connectivity index (χ2n) is 14.5. The van der Waals surface area contributed by atoms with Gasteiger partial charge in [-0.15, -0.1) is 0 Å². The van der Waals surface area contributed by atoms with Gasteiger partial charge >= 0.3 is 11.9 Å². The Hall–Kier alpha value is -4.65. The molecular formula is C40H46Cl3N5O7. The van der Waals surface area contributed by atoms with E-state index >= 15 is 0 Å². The van der Waals surface area contributed by atoms with Crippen molar-refractivity contribution in [1.82, 2.24) is 10.6 Å². The molecule has 12 nitrogen and oxygen atoms in total. The molecule has 4 rings (SSSR count). The molecule has 0 aromatic heterocycles. The molecular weight excluding hydrogens is 769 g/mol. The number of nitrogens with zero attached hydrogens (tertiary/aromatic N) is 2. The Balaban J connectivity index is 1.56. The monoisotopic (exact) mass is 813 g/mol. The third-order valence-electron chi connectivity index (χ3n) is 9.98. The number of carboxylic acid groups (broad SMARTS) is 1. The Labute approximate surface area is 335 Å². The Bertz CT molecular complexity index is 1990. The third-order valence-corrected chi connectivity index (χ3v) is 10.8. The molecule has 0 radical (unpaired) electrons. The number of hydrogen-bond acceptors (Lipinski definition) is 7. The minimum atomic E-state index is -1.69. The number of hydrogen-bond donors (Lipinski definition) is 4. The molecule has 0 spiro atoms. The smallest absolute Gasteiger partial charge is 0.394 e. The van der Waals surface area contributed by atoms with Crippen molar-refractivity contribution >= 4 is 81.6 Å². The first-order valence-electron chi connectivity index (χ1n) is 18.0. The summed E-state index contributed by atoms with van der Waals surface area (Å²) in [5, 5.41) is 22.1. The molecule has 1 aliphatic heterocycles. The molecule has 1 heterocycles. The first-order valence-corrected chi connectivity index (χ1v) is 19.1. The van der Waals surface area contributed by atoms with Crippen LogP contribution >= 0.6 is 34.8 Å². The fraction of sp³-hybridized carbons (Fsp3) is 0.400. The highest BCUT2D eigenvalue weighted by atomic mass is 35.5. The van der Waals surface area contributed by atoms with Crippen LogP contribution in [0.5, 0.6) is 5.75 Å². The SMILES string of the molecule is CCC(Oc1ccc(C(C)(C)CC)cc1C(C)(C)CC)C(=O)Nc1cccc(C(=O)NC2=NN(c3c(Cl)cc(Cl)cc3Cl)C(=O)C2CCNC(=O)C(=O)O)c1. The van der Waals surface area contributed by atoms with Crippen LogP contribution < -0.4 is 25.7 Å². The Morgan fingerprint density at radius 1 is 0.909 bits per heavy atom. The summed E-state index contributed by atoms with van der Waals surface area (Å²) in [6.45, 7) is 14.6. The lowest BCUT2D eigenvalue weighted by atomic mass is 9.76. The Morgan fingerprint density at radius 3 is 2.16 bits per heavy atom. The van der Waals surface area contributed by atoms with Crippen LogP contribution in [0.3, 0.4) is 0 Å². The molecule has 0 aliphatic carbocycles. The molecule has 0 fully saturated rings. The van der Waals surface area contributed by atoms with Gasteiger partial charge in [0, 0.05) is 28.4 Å². The zero-order chi connectivity index (χ0) is 40.8. The van der Waals surface area contributed by atoms with Crippen LogP contribution in [-0.2, 0) is 30.0 Å². The summed E-state index contributed by atoms with van der Waals surface area (Å²) in [5.41, 5.74) is 2.44. The lowest BCUT2D eigenvalue weighted by Gasteiger charge is -2.31. The Morgan fingerprint density at radius 2 is 1.56 bits per heavy atom. The normalized spacial score (nSPS) is 14.9. The van der Waals surface area contributed by atoms with E-state index in [1.54, 1.807) is 12.1 Å². The zero-order valence-electron chi connectivity index (χ0n) is 31.8. The number of amidine groups is 1. The number of benzene rings is 3. The summed E-state index contributed by atoms with van der Waals surface area (Å²) in [4.78, 5) is 63.5. The lowest BCUT2D eigenvalue weighted by molar-refractivity contribution is -0.150. The van der Waals surface area contributed by atoms with Crippen LogP contribution in [0.15, 0.2) is 59.7 Å². The predicted molar refractivity (Wildman–Crippen MR) is 215 cm³/mol. The maximum Gasteiger partial charge on any atom is 0.394 e. The van der Waals surface area contributed by atoms with Crippen molar-refractivity contribution in [3.05, 3.63) is 86.4 Å². The van der Waals surface area contributed by atoms with Crippen molar-refractivity contribution < 1.29 is 33.8 Å². The zero-order valence-corrected chi connectivity index (χ0v) is 34.1. The maximum absolute atomic E-state index is 13.6. The van der Waals surface area contributed by atoms with E-state index in [0.29, 0.717) is 17.9 Å². The van der Waals surface area contributed by atoms with Crippen LogP contribution in [0.1, 0.15) is 95.6 Å². The van der Waals surface area contributed by atoms with Gasteiger partial charge in [0.25, 0.3) is 17.7 Å². The van der Waals surface area contributed by atoms with E-state index in [0.717, 1.165) is 23.4 Å². The topological polar surface area (TPSA) is 166 Å². The summed E-state index contributed by atoms with van der Waals surface area (Å²) in [6.07, 6.45) is 1.23. The summed E-state index contributed by atoms with van der Waals surface area (Å²) >= 11 is 18.8. The Kier molecular flexibility index (Phi) is 14.0. The van der Waals surface area contributed by atoms with Crippen molar-refractivity contribution in [2.75, 3.05) is 16.9 Å². The number of nitrogens with one attached hydrogen (secondary N) is 3. The van der Waals surface area contributed by atoms with Gasteiger partial charge in [0.15, 0.2) is 6.10 Å². The largest absolute Gasteiger partial charge is 0.480 e. The van der Waals surface area contributed by atoms with E-state index in [1.165, 1.54) is 29.8 Å². The van der Waals surface area contributed by atoms with Crippen molar-refractivity contribution in [2.45, 2.75) is 91.1 Å². The number of hydrazone groups is 1. The highest BCUT2D eigenvalue weighted by Crippen LogP contribution is 2.40. The van der Waals surface area contributed by atoms with E-state index in [1.807, 2.05) is 13.0 Å². The quantitative estimate of drug-likeness (QED) is 0.119. The number of carbonyl (C=O) groups is 5. The summed E-state index contributed by atoms with van der Waals surface area (Å²) in [5.74, 6) is -5.26. The molecule has 55 heavy (non-hydrogen) atoms. The molecule has 0 saturated heterocycles. The first-order chi connectivity index (χ1) is 25.8. The number of carbonyl (C=O) groups excluding carboxylic acids is 4. The van der Waals surface area contributed by atoms with E-state index in [4.69, 9.17) is 44.6 Å². The predicted octanol–water partition coefficient (Wildman–Crippen LogP) is 8.12. The summed E-state index contributed by atoms with van der Waals surface area (Å²) in [6, 6.07) is 15.1. The molecule has 0 bridgehead atoms. The fourth-order valence-electron chi connectivity index (χ4n) is 5.77. The molecule has 3 aromatic carbocycles. The van der Waals surface area contributed by atoms with Gasteiger partial charge in [-0.2, -0.15) is 10.1 Å². The van der Waals surface area contributed by atoms with Crippen LogP contribution in [0.2, 0.25) is 15.1 Å². The van der Waals surface area contributed by atoms with Gasteiger partial charge in [-0.3, -0.25) is 19.2 Å². The molecule has 4 N–H and O–H groups in total. The van der Waals surface area contributed by atoms with Crippen LogP contribution in [0.25, 0.3) is 0 Å². The van der Waals surface area contributed by atoms with Crippen molar-refractivity contribution in [3.63, 3.8) is 0 Å².